The quantitative estimate of drug-likeness (QED) is 0.628. The smallest absolute Gasteiger partial charge is 0.263 e. The highest BCUT2D eigenvalue weighted by atomic mass is 19.3. The molecule has 1 aromatic rings. The molecule has 0 atom stereocenters. The van der Waals surface area contributed by atoms with Crippen molar-refractivity contribution in [1.29, 1.82) is 0 Å². The van der Waals surface area contributed by atoms with Gasteiger partial charge in [-0.05, 0) is 25.5 Å². The van der Waals surface area contributed by atoms with Crippen molar-refractivity contribution in [3.63, 3.8) is 0 Å². The number of hydrogen-bond donors (Lipinski definition) is 0. The van der Waals surface area contributed by atoms with Gasteiger partial charge in [0.05, 0.1) is 12.2 Å². The van der Waals surface area contributed by atoms with E-state index in [1.807, 2.05) is 6.92 Å². The van der Waals surface area contributed by atoms with Crippen molar-refractivity contribution in [1.82, 2.24) is 4.90 Å². The molecule has 1 aromatic carbocycles. The molecule has 0 bridgehead atoms. The molecule has 1 aliphatic rings. The van der Waals surface area contributed by atoms with E-state index in [1.54, 1.807) is 19.1 Å². The Kier molecular flexibility index (Phi) is 3.52. The van der Waals surface area contributed by atoms with Crippen LogP contribution in [0.15, 0.2) is 18.2 Å². The third-order valence-electron chi connectivity index (χ3n) is 2.97. The Bertz CT molecular complexity index is 601. The molecule has 5 nitrogen and oxygen atoms in total. The summed E-state index contributed by atoms with van der Waals surface area (Å²) in [5.41, 5.74) is 1.76. The summed E-state index contributed by atoms with van der Waals surface area (Å²) in [6.07, 6.45) is -2.88. The van der Waals surface area contributed by atoms with Crippen molar-refractivity contribution in [2.24, 2.45) is 0 Å². The number of anilines is 1. The lowest BCUT2D eigenvalue weighted by atomic mass is 10.1. The fourth-order valence-corrected chi connectivity index (χ4v) is 2.07. The number of imide groups is 2. The van der Waals surface area contributed by atoms with Crippen LogP contribution in [0, 0.1) is 13.8 Å². The molecule has 1 aliphatic heterocycles. The van der Waals surface area contributed by atoms with Crippen molar-refractivity contribution >= 4 is 23.5 Å². The van der Waals surface area contributed by atoms with Gasteiger partial charge in [0.2, 0.25) is 0 Å². The molecule has 0 aliphatic carbocycles. The Labute approximate surface area is 113 Å². The average Bonchev–Trinajstić information content (AvgIpc) is 2.55. The topological polar surface area (TPSA) is 57.7 Å². The molecular weight excluding hydrogens is 270 g/mol. The Morgan fingerprint density at radius 1 is 1.10 bits per heavy atom. The number of rotatable bonds is 3. The maximum Gasteiger partial charge on any atom is 0.339 e. The molecule has 2 rings (SSSR count). The number of carbonyl (C=O) groups is 3. The second kappa shape index (κ2) is 4.99. The predicted molar refractivity (Wildman–Crippen MR) is 66.5 cm³/mol. The lowest BCUT2D eigenvalue weighted by molar-refractivity contribution is -0.140. The largest absolute Gasteiger partial charge is 0.339 e. The third-order valence-corrected chi connectivity index (χ3v) is 2.97. The van der Waals surface area contributed by atoms with Crippen LogP contribution in [0.1, 0.15) is 11.1 Å². The van der Waals surface area contributed by atoms with Crippen molar-refractivity contribution in [2.45, 2.75) is 20.3 Å². The number of aryl methyl sites for hydroxylation is 2. The van der Waals surface area contributed by atoms with Crippen LogP contribution in [0.5, 0.6) is 0 Å². The van der Waals surface area contributed by atoms with Gasteiger partial charge in [0.1, 0.15) is 0 Å². The fraction of sp³-hybridized carbons (Fsp3) is 0.308. The molecule has 0 aromatic heterocycles. The van der Waals surface area contributed by atoms with Crippen molar-refractivity contribution < 1.29 is 23.2 Å². The Balaban J connectivity index is 2.40. The van der Waals surface area contributed by atoms with E-state index in [1.165, 1.54) is 6.07 Å². The van der Waals surface area contributed by atoms with Crippen LogP contribution in [-0.4, -0.2) is 35.7 Å². The number of carbonyl (C=O) groups excluding carboxylic acids is 3. The van der Waals surface area contributed by atoms with Gasteiger partial charge in [0.15, 0.2) is 0 Å². The molecule has 0 radical (unpaired) electrons. The summed E-state index contributed by atoms with van der Waals surface area (Å²) < 4.78 is 24.7. The van der Waals surface area contributed by atoms with Crippen LogP contribution in [0.2, 0.25) is 0 Å². The molecule has 1 fully saturated rings. The van der Waals surface area contributed by atoms with E-state index >= 15 is 0 Å². The maximum atomic E-state index is 12.3. The summed E-state index contributed by atoms with van der Waals surface area (Å²) in [6, 6.07) is 3.88. The number of urea groups is 1. The highest BCUT2D eigenvalue weighted by Crippen LogP contribution is 2.26. The van der Waals surface area contributed by atoms with Gasteiger partial charge in [0, 0.05) is 0 Å². The zero-order valence-corrected chi connectivity index (χ0v) is 10.9. The summed E-state index contributed by atoms with van der Waals surface area (Å²) in [7, 11) is 0. The molecule has 106 valence electrons. The minimum atomic E-state index is -2.88. The van der Waals surface area contributed by atoms with Crippen molar-refractivity contribution in [2.75, 3.05) is 11.4 Å². The summed E-state index contributed by atoms with van der Waals surface area (Å²) in [4.78, 5) is 36.3. The maximum absolute atomic E-state index is 12.3. The first-order chi connectivity index (χ1) is 9.32. The van der Waals surface area contributed by atoms with Gasteiger partial charge in [-0.3, -0.25) is 9.59 Å². The molecule has 7 heteroatoms. The number of hydrogen-bond acceptors (Lipinski definition) is 3. The SMILES string of the molecule is Cc1ccc(N2C(=O)C(=O)N(CC(F)F)C2=O)c(C)c1. The second-order valence-corrected chi connectivity index (χ2v) is 4.52. The zero-order chi connectivity index (χ0) is 15.0. The van der Waals surface area contributed by atoms with Crippen molar-refractivity contribution in [3.05, 3.63) is 29.3 Å². The predicted octanol–water partition coefficient (Wildman–Crippen LogP) is 1.86. The fourth-order valence-electron chi connectivity index (χ4n) is 2.07. The van der Waals surface area contributed by atoms with E-state index in [0.717, 1.165) is 5.56 Å². The second-order valence-electron chi connectivity index (χ2n) is 4.52. The van der Waals surface area contributed by atoms with Crippen LogP contribution < -0.4 is 4.90 Å². The van der Waals surface area contributed by atoms with Gasteiger partial charge < -0.3 is 0 Å². The molecule has 0 saturated carbocycles. The number of halogens is 2. The van der Waals surface area contributed by atoms with E-state index in [4.69, 9.17) is 0 Å². The minimum absolute atomic E-state index is 0.232. The van der Waals surface area contributed by atoms with Crippen LogP contribution in [0.4, 0.5) is 19.3 Å². The van der Waals surface area contributed by atoms with Crippen LogP contribution in [0.25, 0.3) is 0 Å². The van der Waals surface area contributed by atoms with Gasteiger partial charge in [-0.15, -0.1) is 0 Å². The Morgan fingerprint density at radius 2 is 1.75 bits per heavy atom. The number of amides is 4. The molecule has 20 heavy (non-hydrogen) atoms. The first-order valence-electron chi connectivity index (χ1n) is 5.88. The van der Waals surface area contributed by atoms with E-state index in [2.05, 4.69) is 0 Å². The van der Waals surface area contributed by atoms with Gasteiger partial charge in [-0.1, -0.05) is 17.7 Å². The van der Waals surface area contributed by atoms with E-state index in [0.29, 0.717) is 10.5 Å². The molecule has 1 saturated heterocycles. The highest BCUT2D eigenvalue weighted by molar-refractivity contribution is 6.52. The van der Waals surface area contributed by atoms with E-state index in [-0.39, 0.29) is 10.6 Å². The third kappa shape index (κ3) is 2.26. The highest BCUT2D eigenvalue weighted by Gasteiger charge is 2.46. The Morgan fingerprint density at radius 3 is 2.30 bits per heavy atom. The average molecular weight is 282 g/mol. The lowest BCUT2D eigenvalue weighted by Crippen LogP contribution is -2.36. The zero-order valence-electron chi connectivity index (χ0n) is 10.9. The summed E-state index contributed by atoms with van der Waals surface area (Å²) in [5, 5.41) is 0. The first-order valence-corrected chi connectivity index (χ1v) is 5.88. The molecule has 4 amide bonds. The standard InChI is InChI=1S/C13H12F2N2O3/c1-7-3-4-9(8(2)5-7)17-12(19)11(18)16(13(17)20)6-10(14)15/h3-5,10H,6H2,1-2H3. The summed E-state index contributed by atoms with van der Waals surface area (Å²) >= 11 is 0. The monoisotopic (exact) mass is 282 g/mol. The molecule has 0 spiro atoms. The molecule has 0 unspecified atom stereocenters. The number of alkyl halides is 2. The van der Waals surface area contributed by atoms with Crippen molar-refractivity contribution in [3.8, 4) is 0 Å². The molecule has 1 heterocycles. The number of benzene rings is 1. The van der Waals surface area contributed by atoms with Gasteiger partial charge in [0.25, 0.3) is 6.43 Å². The van der Waals surface area contributed by atoms with Crippen LogP contribution >= 0.6 is 0 Å². The summed E-state index contributed by atoms with van der Waals surface area (Å²) in [5.74, 6) is -2.34. The van der Waals surface area contributed by atoms with Gasteiger partial charge >= 0.3 is 17.8 Å². The minimum Gasteiger partial charge on any atom is -0.263 e. The first kappa shape index (κ1) is 14.1. The van der Waals surface area contributed by atoms with E-state index in [9.17, 15) is 23.2 Å². The Hall–Kier alpha value is -2.31. The van der Waals surface area contributed by atoms with Crippen LogP contribution in [0.3, 0.4) is 0 Å². The molecule has 0 N–H and O–H groups in total. The molecular formula is C13H12F2N2O3. The van der Waals surface area contributed by atoms with Gasteiger partial charge in [-0.25, -0.2) is 23.4 Å². The number of nitrogens with zero attached hydrogens (tertiary/aromatic N) is 2. The van der Waals surface area contributed by atoms with Crippen LogP contribution in [-0.2, 0) is 9.59 Å². The normalized spacial score (nSPS) is 15.8. The summed E-state index contributed by atoms with van der Waals surface area (Å²) in [6.45, 7) is 2.42. The van der Waals surface area contributed by atoms with Gasteiger partial charge in [-0.2, -0.15) is 0 Å². The lowest BCUT2D eigenvalue weighted by Gasteiger charge is -2.17. The van der Waals surface area contributed by atoms with E-state index < -0.39 is 30.8 Å².